The number of aromatic nitrogens is 2. The molecular formula is C12H21N3O. The van der Waals surface area contributed by atoms with Crippen LogP contribution in [0, 0.1) is 12.8 Å². The first-order valence-electron chi connectivity index (χ1n) is 5.87. The first-order valence-corrected chi connectivity index (χ1v) is 5.87. The van der Waals surface area contributed by atoms with Crippen LogP contribution in [-0.4, -0.2) is 22.2 Å². The summed E-state index contributed by atoms with van der Waals surface area (Å²) in [6.07, 6.45) is 2.20. The van der Waals surface area contributed by atoms with Crippen LogP contribution < -0.4 is 5.32 Å². The summed E-state index contributed by atoms with van der Waals surface area (Å²) in [6, 6.07) is 1.81. The van der Waals surface area contributed by atoms with Gasteiger partial charge in [0.1, 0.15) is 5.69 Å². The zero-order valence-electron chi connectivity index (χ0n) is 10.6. The van der Waals surface area contributed by atoms with Crippen molar-refractivity contribution in [2.75, 3.05) is 6.54 Å². The molecule has 0 atom stereocenters. The molecule has 1 aromatic heterocycles. The third kappa shape index (κ3) is 3.08. The molecule has 1 aromatic rings. The van der Waals surface area contributed by atoms with Crippen LogP contribution in [-0.2, 0) is 7.05 Å². The molecule has 0 spiro atoms. The number of nitrogens with zero attached hydrogens (tertiary/aromatic N) is 2. The minimum absolute atomic E-state index is 0.0324. The van der Waals surface area contributed by atoms with Crippen LogP contribution in [0.4, 0.5) is 0 Å². The fourth-order valence-corrected chi connectivity index (χ4v) is 1.73. The lowest BCUT2D eigenvalue weighted by molar-refractivity contribution is 0.0937. The summed E-state index contributed by atoms with van der Waals surface area (Å²) in [5.74, 6) is 0.535. The van der Waals surface area contributed by atoms with E-state index in [1.807, 2.05) is 13.0 Å². The summed E-state index contributed by atoms with van der Waals surface area (Å²) in [4.78, 5) is 11.8. The van der Waals surface area contributed by atoms with Crippen molar-refractivity contribution in [1.29, 1.82) is 0 Å². The molecule has 0 radical (unpaired) electrons. The van der Waals surface area contributed by atoms with Crippen LogP contribution in [0.3, 0.4) is 0 Å². The van der Waals surface area contributed by atoms with Crippen molar-refractivity contribution >= 4 is 5.91 Å². The van der Waals surface area contributed by atoms with Gasteiger partial charge in [-0.25, -0.2) is 0 Å². The number of nitrogens with one attached hydrogen (secondary N) is 1. The molecule has 16 heavy (non-hydrogen) atoms. The van der Waals surface area contributed by atoms with E-state index < -0.39 is 0 Å². The average Bonchev–Trinajstić information content (AvgIpc) is 2.59. The molecule has 0 saturated carbocycles. The Bertz CT molecular complexity index is 353. The number of rotatable bonds is 5. The van der Waals surface area contributed by atoms with Gasteiger partial charge in [-0.15, -0.1) is 0 Å². The Morgan fingerprint density at radius 3 is 2.56 bits per heavy atom. The van der Waals surface area contributed by atoms with E-state index in [9.17, 15) is 4.79 Å². The SMILES string of the molecule is CCC(CC)CNC(=O)c1cc(C)nn1C. The minimum atomic E-state index is -0.0324. The summed E-state index contributed by atoms with van der Waals surface area (Å²) in [5.41, 5.74) is 1.50. The van der Waals surface area contributed by atoms with Crippen molar-refractivity contribution < 1.29 is 4.79 Å². The van der Waals surface area contributed by atoms with E-state index in [4.69, 9.17) is 0 Å². The number of carbonyl (C=O) groups excluding carboxylic acids is 1. The number of hydrogen-bond acceptors (Lipinski definition) is 2. The van der Waals surface area contributed by atoms with Crippen LogP contribution >= 0.6 is 0 Å². The molecule has 0 aliphatic heterocycles. The van der Waals surface area contributed by atoms with E-state index in [-0.39, 0.29) is 5.91 Å². The van der Waals surface area contributed by atoms with Gasteiger partial charge < -0.3 is 5.32 Å². The van der Waals surface area contributed by atoms with E-state index in [0.29, 0.717) is 11.6 Å². The van der Waals surface area contributed by atoms with Crippen LogP contribution in [0.2, 0.25) is 0 Å². The fourth-order valence-electron chi connectivity index (χ4n) is 1.73. The van der Waals surface area contributed by atoms with Crippen molar-refractivity contribution in [3.8, 4) is 0 Å². The lowest BCUT2D eigenvalue weighted by atomic mass is 10.0. The molecule has 1 N–H and O–H groups in total. The molecule has 90 valence electrons. The predicted octanol–water partition coefficient (Wildman–Crippen LogP) is 1.89. The molecular weight excluding hydrogens is 202 g/mol. The highest BCUT2D eigenvalue weighted by Crippen LogP contribution is 2.06. The van der Waals surface area contributed by atoms with Crippen molar-refractivity contribution in [1.82, 2.24) is 15.1 Å². The van der Waals surface area contributed by atoms with Crippen molar-refractivity contribution in [2.45, 2.75) is 33.6 Å². The number of amides is 1. The van der Waals surface area contributed by atoms with Gasteiger partial charge in [0.25, 0.3) is 5.91 Å². The maximum Gasteiger partial charge on any atom is 0.269 e. The van der Waals surface area contributed by atoms with E-state index in [0.717, 1.165) is 25.1 Å². The second-order valence-electron chi connectivity index (χ2n) is 4.19. The van der Waals surface area contributed by atoms with E-state index >= 15 is 0 Å². The lowest BCUT2D eigenvalue weighted by Crippen LogP contribution is -2.30. The molecule has 0 aliphatic carbocycles. The molecule has 1 amide bonds. The molecule has 0 bridgehead atoms. The Morgan fingerprint density at radius 1 is 1.50 bits per heavy atom. The smallest absolute Gasteiger partial charge is 0.269 e. The standard InChI is InChI=1S/C12H21N3O/c1-5-10(6-2)8-13-12(16)11-7-9(3)14-15(11)4/h7,10H,5-6,8H2,1-4H3,(H,13,16). The van der Waals surface area contributed by atoms with E-state index in [1.54, 1.807) is 11.7 Å². The second kappa shape index (κ2) is 5.68. The topological polar surface area (TPSA) is 46.9 Å². The molecule has 4 nitrogen and oxygen atoms in total. The highest BCUT2D eigenvalue weighted by atomic mass is 16.2. The molecule has 0 saturated heterocycles. The predicted molar refractivity (Wildman–Crippen MR) is 64.4 cm³/mol. The second-order valence-corrected chi connectivity index (χ2v) is 4.19. The van der Waals surface area contributed by atoms with Gasteiger partial charge in [-0.1, -0.05) is 26.7 Å². The largest absolute Gasteiger partial charge is 0.350 e. The Balaban J connectivity index is 2.56. The Hall–Kier alpha value is -1.32. The van der Waals surface area contributed by atoms with Gasteiger partial charge in [0.15, 0.2) is 0 Å². The van der Waals surface area contributed by atoms with Crippen LogP contribution in [0.1, 0.15) is 42.9 Å². The summed E-state index contributed by atoms with van der Waals surface area (Å²) in [7, 11) is 1.79. The van der Waals surface area contributed by atoms with Gasteiger partial charge in [-0.3, -0.25) is 9.48 Å². The van der Waals surface area contributed by atoms with Crippen LogP contribution in [0.25, 0.3) is 0 Å². The quantitative estimate of drug-likeness (QED) is 0.828. The number of carbonyl (C=O) groups is 1. The minimum Gasteiger partial charge on any atom is -0.350 e. The third-order valence-corrected chi connectivity index (χ3v) is 2.94. The van der Waals surface area contributed by atoms with Gasteiger partial charge in [0.05, 0.1) is 5.69 Å². The monoisotopic (exact) mass is 223 g/mol. The van der Waals surface area contributed by atoms with Gasteiger partial charge in [0, 0.05) is 13.6 Å². The molecule has 0 aromatic carbocycles. The molecule has 1 heterocycles. The van der Waals surface area contributed by atoms with E-state index in [1.165, 1.54) is 0 Å². The molecule has 0 unspecified atom stereocenters. The number of aryl methyl sites for hydroxylation is 2. The molecule has 1 rings (SSSR count). The summed E-state index contributed by atoms with van der Waals surface area (Å²) in [6.45, 7) is 6.93. The first-order chi connectivity index (χ1) is 7.58. The third-order valence-electron chi connectivity index (χ3n) is 2.94. The Morgan fingerprint density at radius 2 is 2.12 bits per heavy atom. The Kier molecular flexibility index (Phi) is 4.52. The highest BCUT2D eigenvalue weighted by molar-refractivity contribution is 5.92. The molecule has 4 heteroatoms. The summed E-state index contributed by atoms with van der Waals surface area (Å²) >= 11 is 0. The van der Waals surface area contributed by atoms with Crippen LogP contribution in [0.5, 0.6) is 0 Å². The summed E-state index contributed by atoms with van der Waals surface area (Å²) in [5, 5.41) is 7.11. The van der Waals surface area contributed by atoms with E-state index in [2.05, 4.69) is 24.3 Å². The van der Waals surface area contributed by atoms with Crippen molar-refractivity contribution in [2.24, 2.45) is 13.0 Å². The van der Waals surface area contributed by atoms with Crippen LogP contribution in [0.15, 0.2) is 6.07 Å². The highest BCUT2D eigenvalue weighted by Gasteiger charge is 2.12. The molecule has 0 aliphatic rings. The van der Waals surface area contributed by atoms with Gasteiger partial charge >= 0.3 is 0 Å². The maximum absolute atomic E-state index is 11.8. The molecule has 0 fully saturated rings. The lowest BCUT2D eigenvalue weighted by Gasteiger charge is -2.13. The van der Waals surface area contributed by atoms with Crippen molar-refractivity contribution in [3.63, 3.8) is 0 Å². The van der Waals surface area contributed by atoms with Crippen molar-refractivity contribution in [3.05, 3.63) is 17.5 Å². The fraction of sp³-hybridized carbons (Fsp3) is 0.667. The maximum atomic E-state index is 11.8. The first kappa shape index (κ1) is 12.7. The Labute approximate surface area is 97.0 Å². The van der Waals surface area contributed by atoms with Gasteiger partial charge in [-0.2, -0.15) is 5.10 Å². The average molecular weight is 223 g/mol. The zero-order chi connectivity index (χ0) is 12.1. The van der Waals surface area contributed by atoms with Gasteiger partial charge in [-0.05, 0) is 18.9 Å². The van der Waals surface area contributed by atoms with Gasteiger partial charge in [0.2, 0.25) is 0 Å². The normalized spacial score (nSPS) is 10.8. The summed E-state index contributed by atoms with van der Waals surface area (Å²) < 4.78 is 1.62. The zero-order valence-corrected chi connectivity index (χ0v) is 10.6. The number of hydrogen-bond donors (Lipinski definition) is 1.